The van der Waals surface area contributed by atoms with E-state index < -0.39 is 40.2 Å². The first-order valence-electron chi connectivity index (χ1n) is 12.9. The van der Waals surface area contributed by atoms with E-state index in [-0.39, 0.29) is 22.2 Å². The molecular weight excluding hydrogens is 592 g/mol. The molecule has 0 aliphatic heterocycles. The second kappa shape index (κ2) is 14.5. The van der Waals surface area contributed by atoms with Gasteiger partial charge in [0.1, 0.15) is 24.2 Å². The van der Waals surface area contributed by atoms with Crippen LogP contribution in [0.4, 0.5) is 10.1 Å². The highest BCUT2D eigenvalue weighted by Crippen LogP contribution is 2.27. The van der Waals surface area contributed by atoms with Gasteiger partial charge in [-0.1, -0.05) is 42.6 Å². The summed E-state index contributed by atoms with van der Waals surface area (Å²) in [7, 11) is -2.85. The maximum absolute atomic E-state index is 13.9. The maximum Gasteiger partial charge on any atom is 0.264 e. The van der Waals surface area contributed by atoms with Crippen molar-refractivity contribution in [1.82, 2.24) is 10.2 Å². The maximum atomic E-state index is 13.9. The molecule has 0 radical (unpaired) electrons. The van der Waals surface area contributed by atoms with E-state index in [1.807, 2.05) is 6.92 Å². The van der Waals surface area contributed by atoms with Crippen LogP contribution in [-0.4, -0.2) is 51.4 Å². The van der Waals surface area contributed by atoms with Crippen molar-refractivity contribution in [3.63, 3.8) is 0 Å². The van der Waals surface area contributed by atoms with Crippen LogP contribution in [0.5, 0.6) is 5.75 Å². The van der Waals surface area contributed by atoms with E-state index in [0.717, 1.165) is 29.3 Å². The van der Waals surface area contributed by atoms with Crippen molar-refractivity contribution in [2.45, 2.75) is 44.2 Å². The molecule has 8 nitrogen and oxygen atoms in total. The minimum absolute atomic E-state index is 0.0437. The van der Waals surface area contributed by atoms with E-state index >= 15 is 0 Å². The van der Waals surface area contributed by atoms with Crippen molar-refractivity contribution in [2.75, 3.05) is 24.5 Å². The summed E-state index contributed by atoms with van der Waals surface area (Å²) < 4.78 is 47.4. The standard InChI is InChI=1S/C29H32Cl2FN3O5S/c1-4-5-16-33-29(37)20(2)34(18-21-6-15-26(30)27(31)17-21)28(36)19-35(23-9-7-22(32)8-10-23)41(38,39)25-13-11-24(40-3)12-14-25/h6-15,17,20H,4-5,16,18-19H2,1-3H3,(H,33,37). The SMILES string of the molecule is CCCCNC(=O)C(C)N(Cc1ccc(Cl)c(Cl)c1)C(=O)CN(c1ccc(F)cc1)S(=O)(=O)c1ccc(OC)cc1. The molecule has 3 rings (SSSR count). The molecule has 0 aliphatic carbocycles. The Kier molecular flexibility index (Phi) is 11.4. The van der Waals surface area contributed by atoms with Gasteiger partial charge in [0.05, 0.1) is 27.7 Å². The van der Waals surface area contributed by atoms with Crippen LogP contribution in [0.2, 0.25) is 10.0 Å². The molecular formula is C29H32Cl2FN3O5S. The zero-order valence-corrected chi connectivity index (χ0v) is 25.3. The van der Waals surface area contributed by atoms with E-state index in [0.29, 0.717) is 22.9 Å². The summed E-state index contributed by atoms with van der Waals surface area (Å²) in [5.74, 6) is -1.17. The van der Waals surface area contributed by atoms with Crippen molar-refractivity contribution in [2.24, 2.45) is 0 Å². The largest absolute Gasteiger partial charge is 0.497 e. The van der Waals surface area contributed by atoms with Gasteiger partial charge in [0, 0.05) is 13.1 Å². The highest BCUT2D eigenvalue weighted by atomic mass is 35.5. The minimum atomic E-state index is -4.30. The molecule has 0 spiro atoms. The van der Waals surface area contributed by atoms with Crippen LogP contribution in [0.15, 0.2) is 71.6 Å². The number of hydrogen-bond acceptors (Lipinski definition) is 5. The van der Waals surface area contributed by atoms with Crippen LogP contribution in [0.1, 0.15) is 32.3 Å². The second-order valence-electron chi connectivity index (χ2n) is 9.25. The van der Waals surface area contributed by atoms with Crippen LogP contribution in [0, 0.1) is 5.82 Å². The molecule has 0 bridgehead atoms. The van der Waals surface area contributed by atoms with Gasteiger partial charge in [0.15, 0.2) is 0 Å². The normalized spacial score (nSPS) is 12.0. The molecule has 12 heteroatoms. The molecule has 0 fully saturated rings. The summed E-state index contributed by atoms with van der Waals surface area (Å²) in [6.07, 6.45) is 1.63. The second-order valence-corrected chi connectivity index (χ2v) is 11.9. The number of carbonyl (C=O) groups excluding carboxylic acids is 2. The first-order chi connectivity index (χ1) is 19.5. The van der Waals surface area contributed by atoms with E-state index in [2.05, 4.69) is 5.32 Å². The predicted octanol–water partition coefficient (Wildman–Crippen LogP) is 5.67. The molecule has 41 heavy (non-hydrogen) atoms. The van der Waals surface area contributed by atoms with Gasteiger partial charge < -0.3 is 15.0 Å². The van der Waals surface area contributed by atoms with E-state index in [1.54, 1.807) is 25.1 Å². The van der Waals surface area contributed by atoms with Gasteiger partial charge in [-0.2, -0.15) is 0 Å². The van der Waals surface area contributed by atoms with Gasteiger partial charge in [-0.05, 0) is 79.6 Å². The predicted molar refractivity (Wildman–Crippen MR) is 158 cm³/mol. The molecule has 2 amide bonds. The number of carbonyl (C=O) groups is 2. The fourth-order valence-electron chi connectivity index (χ4n) is 3.96. The lowest BCUT2D eigenvalue weighted by Crippen LogP contribution is -2.51. The van der Waals surface area contributed by atoms with E-state index in [4.69, 9.17) is 27.9 Å². The number of rotatable bonds is 13. The summed E-state index contributed by atoms with van der Waals surface area (Å²) >= 11 is 12.2. The average molecular weight is 625 g/mol. The van der Waals surface area contributed by atoms with Crippen molar-refractivity contribution in [1.29, 1.82) is 0 Å². The molecule has 1 N–H and O–H groups in total. The Hall–Kier alpha value is -3.34. The zero-order valence-electron chi connectivity index (χ0n) is 22.9. The number of nitrogens with zero attached hydrogens (tertiary/aromatic N) is 2. The number of anilines is 1. The number of benzene rings is 3. The fourth-order valence-corrected chi connectivity index (χ4v) is 5.70. The quantitative estimate of drug-likeness (QED) is 0.248. The smallest absolute Gasteiger partial charge is 0.264 e. The lowest BCUT2D eigenvalue weighted by Gasteiger charge is -2.32. The van der Waals surface area contributed by atoms with Gasteiger partial charge in [-0.15, -0.1) is 0 Å². The summed E-state index contributed by atoms with van der Waals surface area (Å²) in [5.41, 5.74) is 0.664. The number of nitrogens with one attached hydrogen (secondary N) is 1. The van der Waals surface area contributed by atoms with Gasteiger partial charge in [-0.25, -0.2) is 12.8 Å². The number of ether oxygens (including phenoxy) is 1. The summed E-state index contributed by atoms with van der Waals surface area (Å²) in [4.78, 5) is 28.1. The van der Waals surface area contributed by atoms with Crippen LogP contribution in [0.3, 0.4) is 0 Å². The minimum Gasteiger partial charge on any atom is -0.497 e. The molecule has 3 aromatic rings. The first kappa shape index (κ1) is 32.2. The van der Waals surface area contributed by atoms with Crippen LogP contribution in [-0.2, 0) is 26.2 Å². The third kappa shape index (κ3) is 8.34. The van der Waals surface area contributed by atoms with Gasteiger partial charge in [0.2, 0.25) is 11.8 Å². The summed E-state index contributed by atoms with van der Waals surface area (Å²) in [5, 5.41) is 3.41. The van der Waals surface area contributed by atoms with Crippen molar-refractivity contribution < 1.29 is 27.1 Å². The van der Waals surface area contributed by atoms with Crippen LogP contribution in [0.25, 0.3) is 0 Å². The van der Waals surface area contributed by atoms with Gasteiger partial charge in [-0.3, -0.25) is 13.9 Å². The van der Waals surface area contributed by atoms with Crippen molar-refractivity contribution >= 4 is 50.7 Å². The molecule has 0 aliphatic rings. The number of hydrogen-bond donors (Lipinski definition) is 1. The Balaban J connectivity index is 2.01. The molecule has 1 unspecified atom stereocenters. The van der Waals surface area contributed by atoms with Crippen molar-refractivity contribution in [3.8, 4) is 5.75 Å². The Bertz CT molecular complexity index is 1450. The molecule has 3 aromatic carbocycles. The highest BCUT2D eigenvalue weighted by Gasteiger charge is 2.32. The molecule has 220 valence electrons. The van der Waals surface area contributed by atoms with Crippen LogP contribution >= 0.6 is 23.2 Å². The van der Waals surface area contributed by atoms with E-state index in [1.165, 1.54) is 48.4 Å². The molecule has 0 heterocycles. The molecule has 0 aromatic heterocycles. The lowest BCUT2D eigenvalue weighted by molar-refractivity contribution is -0.139. The van der Waals surface area contributed by atoms with E-state index in [9.17, 15) is 22.4 Å². The number of amides is 2. The number of unbranched alkanes of at least 4 members (excludes halogenated alkanes) is 1. The Morgan fingerprint density at radius 2 is 1.66 bits per heavy atom. The van der Waals surface area contributed by atoms with Gasteiger partial charge >= 0.3 is 0 Å². The lowest BCUT2D eigenvalue weighted by atomic mass is 10.1. The fraction of sp³-hybridized carbons (Fsp3) is 0.310. The Labute approximate surface area is 250 Å². The summed E-state index contributed by atoms with van der Waals surface area (Å²) in [6.45, 7) is 3.29. The number of methoxy groups -OCH3 is 1. The topological polar surface area (TPSA) is 96.0 Å². The highest BCUT2D eigenvalue weighted by molar-refractivity contribution is 7.92. The first-order valence-corrected chi connectivity index (χ1v) is 15.1. The Morgan fingerprint density at radius 3 is 2.24 bits per heavy atom. The number of halogens is 3. The molecule has 1 atom stereocenters. The molecule has 0 saturated heterocycles. The number of sulfonamides is 1. The van der Waals surface area contributed by atoms with Gasteiger partial charge in [0.25, 0.3) is 10.0 Å². The summed E-state index contributed by atoms with van der Waals surface area (Å²) in [6, 6.07) is 14.3. The third-order valence-corrected chi connectivity index (χ3v) is 8.90. The molecule has 0 saturated carbocycles. The average Bonchev–Trinajstić information content (AvgIpc) is 2.96. The van der Waals surface area contributed by atoms with Crippen LogP contribution < -0.4 is 14.4 Å². The zero-order chi connectivity index (χ0) is 30.2. The third-order valence-electron chi connectivity index (χ3n) is 6.37. The Morgan fingerprint density at radius 1 is 1.00 bits per heavy atom. The monoisotopic (exact) mass is 623 g/mol. The van der Waals surface area contributed by atoms with Crippen molar-refractivity contribution in [3.05, 3.63) is 88.2 Å².